The van der Waals surface area contributed by atoms with Crippen LogP contribution < -0.4 is 0 Å². The normalized spacial score (nSPS) is 12.6. The Bertz CT molecular complexity index is 251. The zero-order valence-electron chi connectivity index (χ0n) is 19.3. The zero-order chi connectivity index (χ0) is 19.8. The molecular weight excluding hydrogens is 328 g/mol. The molecule has 0 bridgehead atoms. The quantitative estimate of drug-likeness (QED) is 0.175. The van der Waals surface area contributed by atoms with Gasteiger partial charge in [0.25, 0.3) is 0 Å². The first-order valence-electron chi connectivity index (χ1n) is 13.0. The third-order valence-corrected chi connectivity index (χ3v) is 6.19. The van der Waals surface area contributed by atoms with Crippen LogP contribution in [-0.2, 0) is 0 Å². The Labute approximate surface area is 173 Å². The van der Waals surface area contributed by atoms with E-state index in [9.17, 15) is 5.11 Å². The van der Waals surface area contributed by atoms with Gasteiger partial charge < -0.3 is 5.11 Å². The number of aliphatic hydroxyl groups excluding tert-OH is 1. The molecule has 0 saturated carbocycles. The molecular formula is C26H54O. The lowest BCUT2D eigenvalue weighted by atomic mass is 9.94. The highest BCUT2D eigenvalue weighted by atomic mass is 16.3. The van der Waals surface area contributed by atoms with Crippen LogP contribution in [0.25, 0.3) is 0 Å². The standard InChI is InChI=1S/C26H54O/c1-3-5-7-9-11-13-14-15-16-18-20-22-24-26(25-27)23-21-19-17-12-10-8-6-4-2/h26-27H,3-25H2,1-2H3. The minimum Gasteiger partial charge on any atom is -0.396 e. The van der Waals surface area contributed by atoms with Crippen molar-refractivity contribution in [3.05, 3.63) is 0 Å². The van der Waals surface area contributed by atoms with Crippen molar-refractivity contribution in [2.75, 3.05) is 6.61 Å². The lowest BCUT2D eigenvalue weighted by Crippen LogP contribution is -2.06. The van der Waals surface area contributed by atoms with Gasteiger partial charge in [-0.15, -0.1) is 0 Å². The van der Waals surface area contributed by atoms with E-state index in [0.29, 0.717) is 12.5 Å². The smallest absolute Gasteiger partial charge is 0.0459 e. The highest BCUT2D eigenvalue weighted by Gasteiger charge is 2.07. The number of hydrogen-bond acceptors (Lipinski definition) is 1. The van der Waals surface area contributed by atoms with Gasteiger partial charge in [0.15, 0.2) is 0 Å². The summed E-state index contributed by atoms with van der Waals surface area (Å²) in [5.74, 6) is 0.577. The van der Waals surface area contributed by atoms with Crippen molar-refractivity contribution in [2.45, 2.75) is 155 Å². The molecule has 0 radical (unpaired) electrons. The van der Waals surface area contributed by atoms with Crippen molar-refractivity contribution < 1.29 is 5.11 Å². The molecule has 1 heteroatoms. The van der Waals surface area contributed by atoms with Gasteiger partial charge in [0.05, 0.1) is 0 Å². The third kappa shape index (κ3) is 22.1. The molecule has 0 aliphatic rings. The average Bonchev–Trinajstić information content (AvgIpc) is 2.69. The summed E-state index contributed by atoms with van der Waals surface area (Å²) in [6.07, 6.45) is 30.7. The van der Waals surface area contributed by atoms with Crippen molar-refractivity contribution in [1.82, 2.24) is 0 Å². The summed E-state index contributed by atoms with van der Waals surface area (Å²) in [5, 5.41) is 9.60. The summed E-state index contributed by atoms with van der Waals surface area (Å²) in [4.78, 5) is 0. The maximum absolute atomic E-state index is 9.60. The molecule has 0 aromatic carbocycles. The average molecular weight is 383 g/mol. The van der Waals surface area contributed by atoms with E-state index < -0.39 is 0 Å². The summed E-state index contributed by atoms with van der Waals surface area (Å²) in [5.41, 5.74) is 0. The van der Waals surface area contributed by atoms with Gasteiger partial charge in [0.2, 0.25) is 0 Å². The third-order valence-electron chi connectivity index (χ3n) is 6.19. The second kappa shape index (κ2) is 24.0. The molecule has 1 atom stereocenters. The molecule has 1 N–H and O–H groups in total. The van der Waals surface area contributed by atoms with Crippen LogP contribution in [0.4, 0.5) is 0 Å². The molecule has 0 heterocycles. The van der Waals surface area contributed by atoms with Gasteiger partial charge in [0, 0.05) is 6.61 Å². The molecule has 0 aliphatic carbocycles. The fraction of sp³-hybridized carbons (Fsp3) is 1.00. The second-order valence-electron chi connectivity index (χ2n) is 8.99. The Hall–Kier alpha value is -0.0400. The first-order chi connectivity index (χ1) is 13.3. The van der Waals surface area contributed by atoms with Gasteiger partial charge >= 0.3 is 0 Å². The van der Waals surface area contributed by atoms with Crippen molar-refractivity contribution in [3.8, 4) is 0 Å². The van der Waals surface area contributed by atoms with Crippen LogP contribution >= 0.6 is 0 Å². The molecule has 0 aromatic heterocycles. The van der Waals surface area contributed by atoms with Crippen LogP contribution in [0.5, 0.6) is 0 Å². The summed E-state index contributed by atoms with van der Waals surface area (Å²) in [7, 11) is 0. The Balaban J connectivity index is 3.26. The van der Waals surface area contributed by atoms with Crippen LogP contribution in [0.15, 0.2) is 0 Å². The monoisotopic (exact) mass is 382 g/mol. The predicted octanol–water partition coefficient (Wildman–Crippen LogP) is 9.22. The van der Waals surface area contributed by atoms with E-state index in [2.05, 4.69) is 13.8 Å². The van der Waals surface area contributed by atoms with E-state index in [1.807, 2.05) is 0 Å². The Morgan fingerprint density at radius 1 is 0.407 bits per heavy atom. The number of aliphatic hydroxyl groups is 1. The van der Waals surface area contributed by atoms with Crippen LogP contribution in [0.2, 0.25) is 0 Å². The summed E-state index contributed by atoms with van der Waals surface area (Å²) < 4.78 is 0. The summed E-state index contributed by atoms with van der Waals surface area (Å²) in [6, 6.07) is 0. The molecule has 1 nitrogen and oxygen atoms in total. The molecule has 0 fully saturated rings. The van der Waals surface area contributed by atoms with E-state index >= 15 is 0 Å². The zero-order valence-corrected chi connectivity index (χ0v) is 19.3. The minimum atomic E-state index is 0.411. The second-order valence-corrected chi connectivity index (χ2v) is 8.99. The number of rotatable bonds is 23. The van der Waals surface area contributed by atoms with E-state index in [-0.39, 0.29) is 0 Å². The largest absolute Gasteiger partial charge is 0.396 e. The van der Waals surface area contributed by atoms with E-state index in [1.165, 1.54) is 141 Å². The Morgan fingerprint density at radius 3 is 0.926 bits per heavy atom. The topological polar surface area (TPSA) is 20.2 Å². The van der Waals surface area contributed by atoms with Gasteiger partial charge in [-0.2, -0.15) is 0 Å². The fourth-order valence-electron chi connectivity index (χ4n) is 4.17. The highest BCUT2D eigenvalue weighted by Crippen LogP contribution is 2.19. The number of hydrogen-bond donors (Lipinski definition) is 1. The van der Waals surface area contributed by atoms with Gasteiger partial charge in [-0.3, -0.25) is 0 Å². The first-order valence-corrected chi connectivity index (χ1v) is 13.0. The van der Waals surface area contributed by atoms with Crippen LogP contribution in [0.1, 0.15) is 155 Å². The lowest BCUT2D eigenvalue weighted by molar-refractivity contribution is 0.204. The van der Waals surface area contributed by atoms with Crippen LogP contribution in [-0.4, -0.2) is 11.7 Å². The predicted molar refractivity (Wildman–Crippen MR) is 123 cm³/mol. The maximum atomic E-state index is 9.60. The Morgan fingerprint density at radius 2 is 0.667 bits per heavy atom. The molecule has 0 saturated heterocycles. The van der Waals surface area contributed by atoms with E-state index in [0.717, 1.165) is 0 Å². The fourth-order valence-corrected chi connectivity index (χ4v) is 4.17. The van der Waals surface area contributed by atoms with Gasteiger partial charge in [-0.05, 0) is 18.8 Å². The highest BCUT2D eigenvalue weighted by molar-refractivity contribution is 4.59. The molecule has 0 rings (SSSR count). The van der Waals surface area contributed by atoms with Gasteiger partial charge in [-0.25, -0.2) is 0 Å². The van der Waals surface area contributed by atoms with Crippen LogP contribution in [0.3, 0.4) is 0 Å². The maximum Gasteiger partial charge on any atom is 0.0459 e. The minimum absolute atomic E-state index is 0.411. The van der Waals surface area contributed by atoms with Gasteiger partial charge in [0.1, 0.15) is 0 Å². The molecule has 1 unspecified atom stereocenters. The first kappa shape index (κ1) is 27.0. The van der Waals surface area contributed by atoms with E-state index in [1.54, 1.807) is 0 Å². The van der Waals surface area contributed by atoms with Crippen molar-refractivity contribution >= 4 is 0 Å². The van der Waals surface area contributed by atoms with Gasteiger partial charge in [-0.1, -0.05) is 142 Å². The van der Waals surface area contributed by atoms with Crippen LogP contribution in [0, 0.1) is 5.92 Å². The van der Waals surface area contributed by atoms with Crippen molar-refractivity contribution in [1.29, 1.82) is 0 Å². The summed E-state index contributed by atoms with van der Waals surface area (Å²) >= 11 is 0. The lowest BCUT2D eigenvalue weighted by Gasteiger charge is -2.13. The SMILES string of the molecule is CCCCCCCCCCCCCCC(CO)CCCCCCCCCC. The number of unbranched alkanes of at least 4 members (excludes halogenated alkanes) is 18. The molecule has 0 spiro atoms. The molecule has 0 amide bonds. The van der Waals surface area contributed by atoms with Crippen molar-refractivity contribution in [3.63, 3.8) is 0 Å². The molecule has 0 aliphatic heterocycles. The van der Waals surface area contributed by atoms with Crippen molar-refractivity contribution in [2.24, 2.45) is 5.92 Å². The molecule has 164 valence electrons. The molecule has 0 aromatic rings. The summed E-state index contributed by atoms with van der Waals surface area (Å²) in [6.45, 7) is 4.99. The Kier molecular flexibility index (Phi) is 24.0. The molecule has 27 heavy (non-hydrogen) atoms. The van der Waals surface area contributed by atoms with E-state index in [4.69, 9.17) is 0 Å².